The molecule has 2 aliphatic carbocycles. The van der Waals surface area contributed by atoms with Gasteiger partial charge in [0.1, 0.15) is 11.3 Å². The zero-order valence-electron chi connectivity index (χ0n) is 15.6. The summed E-state index contributed by atoms with van der Waals surface area (Å²) in [4.78, 5) is 41.6. The molecule has 8 nitrogen and oxygen atoms in total. The zero-order chi connectivity index (χ0) is 19.3. The maximum atomic E-state index is 12.8. The largest absolute Gasteiger partial charge is 0.347 e. The third-order valence-corrected chi connectivity index (χ3v) is 6.21. The molecule has 2 bridgehead atoms. The molecule has 2 atom stereocenters. The molecule has 0 saturated heterocycles. The van der Waals surface area contributed by atoms with E-state index in [0.29, 0.717) is 17.2 Å². The van der Waals surface area contributed by atoms with Crippen LogP contribution in [0.25, 0.3) is 11.0 Å². The third-order valence-electron chi connectivity index (χ3n) is 6.21. The van der Waals surface area contributed by atoms with Gasteiger partial charge in [-0.3, -0.25) is 18.7 Å². The SMILES string of the molecule is Cn1c(=O)c2ccc(C(=O)NC3C4CCCC3CC(N)C4)nc2n(C)c1=O. The molecule has 144 valence electrons. The summed E-state index contributed by atoms with van der Waals surface area (Å²) in [5, 5.41) is 3.47. The van der Waals surface area contributed by atoms with E-state index in [1.807, 2.05) is 0 Å². The van der Waals surface area contributed by atoms with E-state index < -0.39 is 11.2 Å². The Labute approximate surface area is 156 Å². The van der Waals surface area contributed by atoms with Crippen molar-refractivity contribution < 1.29 is 4.79 Å². The number of nitrogens with zero attached hydrogens (tertiary/aromatic N) is 3. The van der Waals surface area contributed by atoms with Gasteiger partial charge >= 0.3 is 5.69 Å². The van der Waals surface area contributed by atoms with Crippen molar-refractivity contribution >= 4 is 16.9 Å². The van der Waals surface area contributed by atoms with Crippen molar-refractivity contribution in [1.29, 1.82) is 0 Å². The summed E-state index contributed by atoms with van der Waals surface area (Å²) >= 11 is 0. The van der Waals surface area contributed by atoms with Crippen LogP contribution >= 0.6 is 0 Å². The van der Waals surface area contributed by atoms with Crippen LogP contribution in [0.4, 0.5) is 0 Å². The van der Waals surface area contributed by atoms with Crippen molar-refractivity contribution in [2.75, 3.05) is 0 Å². The Kier molecular flexibility index (Phi) is 4.38. The van der Waals surface area contributed by atoms with E-state index in [2.05, 4.69) is 10.3 Å². The van der Waals surface area contributed by atoms with Crippen molar-refractivity contribution in [3.8, 4) is 0 Å². The molecule has 1 amide bonds. The number of nitrogens with one attached hydrogen (secondary N) is 1. The summed E-state index contributed by atoms with van der Waals surface area (Å²) < 4.78 is 2.33. The highest BCUT2D eigenvalue weighted by molar-refractivity contribution is 5.94. The quantitative estimate of drug-likeness (QED) is 0.787. The maximum Gasteiger partial charge on any atom is 0.332 e. The number of fused-ring (bicyclic) bond motifs is 3. The van der Waals surface area contributed by atoms with Crippen molar-refractivity contribution in [1.82, 2.24) is 19.4 Å². The summed E-state index contributed by atoms with van der Waals surface area (Å²) in [5.74, 6) is 0.560. The number of nitrogens with two attached hydrogens (primary N) is 1. The predicted octanol–water partition coefficient (Wildman–Crippen LogP) is 0.268. The monoisotopic (exact) mass is 371 g/mol. The number of aromatic nitrogens is 3. The van der Waals surface area contributed by atoms with Crippen LogP contribution in [0.5, 0.6) is 0 Å². The first-order chi connectivity index (χ1) is 12.9. The van der Waals surface area contributed by atoms with Crippen LogP contribution in [0.15, 0.2) is 21.7 Å². The molecule has 2 heterocycles. The van der Waals surface area contributed by atoms with Crippen molar-refractivity contribution in [3.63, 3.8) is 0 Å². The Balaban J connectivity index is 1.66. The Morgan fingerprint density at radius 3 is 2.48 bits per heavy atom. The summed E-state index contributed by atoms with van der Waals surface area (Å²) in [5.41, 5.74) is 5.73. The van der Waals surface area contributed by atoms with Gasteiger partial charge in [0.15, 0.2) is 0 Å². The number of carbonyl (C=O) groups is 1. The molecule has 8 heteroatoms. The average molecular weight is 371 g/mol. The highest BCUT2D eigenvalue weighted by Crippen LogP contribution is 2.39. The molecule has 0 aliphatic heterocycles. The molecule has 3 N–H and O–H groups in total. The van der Waals surface area contributed by atoms with E-state index in [1.54, 1.807) is 19.2 Å². The standard InChI is InChI=1S/C19H25N5O3/c1-23-16-13(18(26)24(2)19(23)27)6-7-14(21-16)17(25)22-15-10-4-3-5-11(15)9-12(20)8-10/h6-7,10-12,15H,3-5,8-9,20H2,1-2H3,(H,22,25). The van der Waals surface area contributed by atoms with E-state index in [4.69, 9.17) is 5.73 Å². The van der Waals surface area contributed by atoms with Crippen LogP contribution in [0, 0.1) is 11.8 Å². The normalized spacial score (nSPS) is 27.5. The van der Waals surface area contributed by atoms with Gasteiger partial charge < -0.3 is 11.1 Å². The topological polar surface area (TPSA) is 112 Å². The minimum atomic E-state index is -0.464. The fraction of sp³-hybridized carbons (Fsp3) is 0.579. The third kappa shape index (κ3) is 2.97. The van der Waals surface area contributed by atoms with E-state index in [0.717, 1.165) is 30.3 Å². The van der Waals surface area contributed by atoms with E-state index in [9.17, 15) is 14.4 Å². The fourth-order valence-corrected chi connectivity index (χ4v) is 4.83. The lowest BCUT2D eigenvalue weighted by molar-refractivity contribution is 0.0752. The van der Waals surface area contributed by atoms with Crippen molar-refractivity contribution in [3.05, 3.63) is 38.7 Å². The minimum absolute atomic E-state index is 0.121. The summed E-state index contributed by atoms with van der Waals surface area (Å²) in [6, 6.07) is 3.46. The Bertz CT molecular complexity index is 1010. The van der Waals surface area contributed by atoms with Gasteiger partial charge in [0, 0.05) is 26.2 Å². The molecule has 4 rings (SSSR count). The van der Waals surface area contributed by atoms with E-state index >= 15 is 0 Å². The van der Waals surface area contributed by atoms with Gasteiger partial charge in [-0.05, 0) is 49.7 Å². The Hall–Kier alpha value is -2.48. The van der Waals surface area contributed by atoms with Gasteiger partial charge in [-0.2, -0.15) is 0 Å². The number of carbonyl (C=O) groups excluding carboxylic acids is 1. The van der Waals surface area contributed by atoms with Crippen LogP contribution in [0.3, 0.4) is 0 Å². The van der Waals surface area contributed by atoms with Crippen molar-refractivity contribution in [2.24, 2.45) is 31.7 Å². The molecule has 0 spiro atoms. The molecule has 2 aromatic rings. The Morgan fingerprint density at radius 1 is 1.15 bits per heavy atom. The lowest BCUT2D eigenvalue weighted by Gasteiger charge is -2.45. The highest BCUT2D eigenvalue weighted by Gasteiger charge is 2.40. The van der Waals surface area contributed by atoms with Crippen LogP contribution in [0.1, 0.15) is 42.6 Å². The molecule has 0 aromatic carbocycles. The number of hydrogen-bond acceptors (Lipinski definition) is 5. The van der Waals surface area contributed by atoms with Crippen LogP contribution in [0.2, 0.25) is 0 Å². The summed E-state index contributed by atoms with van der Waals surface area (Å²) in [6.07, 6.45) is 5.25. The lowest BCUT2D eigenvalue weighted by Crippen LogP contribution is -2.53. The first-order valence-electron chi connectivity index (χ1n) is 9.50. The minimum Gasteiger partial charge on any atom is -0.347 e. The van der Waals surface area contributed by atoms with Gasteiger partial charge in [-0.15, -0.1) is 0 Å². The highest BCUT2D eigenvalue weighted by atomic mass is 16.2. The molecule has 2 saturated carbocycles. The Morgan fingerprint density at radius 2 is 1.81 bits per heavy atom. The number of hydrogen-bond donors (Lipinski definition) is 2. The maximum absolute atomic E-state index is 12.8. The number of rotatable bonds is 2. The molecule has 2 aliphatic rings. The summed E-state index contributed by atoms with van der Waals surface area (Å²) in [7, 11) is 2.98. The van der Waals surface area contributed by atoms with Gasteiger partial charge in [0.25, 0.3) is 11.5 Å². The second kappa shape index (κ2) is 6.60. The van der Waals surface area contributed by atoms with Crippen LogP contribution < -0.4 is 22.3 Å². The lowest BCUT2D eigenvalue weighted by atomic mass is 9.67. The average Bonchev–Trinajstić information content (AvgIpc) is 2.64. The number of pyridine rings is 1. The zero-order valence-corrected chi connectivity index (χ0v) is 15.6. The van der Waals surface area contributed by atoms with Crippen molar-refractivity contribution in [2.45, 2.75) is 44.2 Å². The van der Waals surface area contributed by atoms with Crippen LogP contribution in [-0.2, 0) is 14.1 Å². The van der Waals surface area contributed by atoms with E-state index in [-0.39, 0.29) is 29.3 Å². The first kappa shape index (κ1) is 17.9. The second-order valence-corrected chi connectivity index (χ2v) is 7.96. The molecular formula is C19H25N5O3. The molecule has 27 heavy (non-hydrogen) atoms. The second-order valence-electron chi connectivity index (χ2n) is 7.96. The van der Waals surface area contributed by atoms with Gasteiger partial charge in [0.2, 0.25) is 0 Å². The molecular weight excluding hydrogens is 346 g/mol. The fourth-order valence-electron chi connectivity index (χ4n) is 4.83. The predicted molar refractivity (Wildman–Crippen MR) is 102 cm³/mol. The number of aryl methyl sites for hydroxylation is 1. The smallest absolute Gasteiger partial charge is 0.332 e. The molecule has 0 radical (unpaired) electrons. The molecule has 2 unspecified atom stereocenters. The molecule has 2 fully saturated rings. The van der Waals surface area contributed by atoms with E-state index in [1.165, 1.54) is 18.0 Å². The number of amides is 1. The first-order valence-corrected chi connectivity index (χ1v) is 9.50. The molecule has 2 aromatic heterocycles. The van der Waals surface area contributed by atoms with Gasteiger partial charge in [0.05, 0.1) is 5.39 Å². The van der Waals surface area contributed by atoms with Gasteiger partial charge in [-0.1, -0.05) is 6.42 Å². The van der Waals surface area contributed by atoms with Gasteiger partial charge in [-0.25, -0.2) is 9.78 Å². The summed E-state index contributed by atoms with van der Waals surface area (Å²) in [6.45, 7) is 0. The van der Waals surface area contributed by atoms with Crippen LogP contribution in [-0.4, -0.2) is 32.1 Å².